The van der Waals surface area contributed by atoms with Gasteiger partial charge in [-0.2, -0.15) is 5.10 Å². The third-order valence-corrected chi connectivity index (χ3v) is 4.84. The van der Waals surface area contributed by atoms with Gasteiger partial charge in [0.15, 0.2) is 5.82 Å². The normalized spacial score (nSPS) is 10.8. The number of rotatable bonds is 6. The maximum Gasteiger partial charge on any atom is 0.293 e. The van der Waals surface area contributed by atoms with Crippen molar-refractivity contribution in [2.45, 2.75) is 6.92 Å². The molecule has 156 valence electrons. The van der Waals surface area contributed by atoms with Crippen molar-refractivity contribution in [3.8, 4) is 5.69 Å². The number of aryl methyl sites for hydroxylation is 1. The van der Waals surface area contributed by atoms with Crippen LogP contribution in [-0.4, -0.2) is 30.0 Å². The topological polar surface area (TPSA) is 108 Å². The van der Waals surface area contributed by atoms with Gasteiger partial charge in [0.05, 0.1) is 22.5 Å². The number of carbonyl (C=O) groups excluding carboxylic acids is 1. The average molecular weight is 420 g/mol. The van der Waals surface area contributed by atoms with E-state index in [1.165, 1.54) is 41.3 Å². The molecule has 31 heavy (non-hydrogen) atoms. The Morgan fingerprint density at radius 3 is 2.65 bits per heavy atom. The fourth-order valence-corrected chi connectivity index (χ4v) is 3.19. The number of nitrogens with one attached hydrogen (secondary N) is 1. The molecule has 4 rings (SSSR count). The van der Waals surface area contributed by atoms with E-state index in [1.807, 2.05) is 0 Å². The Bertz CT molecular complexity index is 1310. The molecule has 0 amide bonds. The van der Waals surface area contributed by atoms with E-state index in [4.69, 9.17) is 0 Å². The summed E-state index contributed by atoms with van der Waals surface area (Å²) in [6.45, 7) is 1.71. The SMILES string of the molecule is Cc1c(Nc2ccc(C(=O)c3nccn3C)cc2[N+](=O)[O-])cnn1-c1ccccc1F. The summed E-state index contributed by atoms with van der Waals surface area (Å²) in [5.41, 5.74) is 1.33. The monoisotopic (exact) mass is 420 g/mol. The molecule has 0 fully saturated rings. The van der Waals surface area contributed by atoms with Crippen LogP contribution < -0.4 is 5.32 Å². The van der Waals surface area contributed by atoms with Crippen LogP contribution in [0.5, 0.6) is 0 Å². The van der Waals surface area contributed by atoms with Gasteiger partial charge in [-0.05, 0) is 31.2 Å². The van der Waals surface area contributed by atoms with Gasteiger partial charge in [-0.15, -0.1) is 0 Å². The summed E-state index contributed by atoms with van der Waals surface area (Å²) in [7, 11) is 1.67. The van der Waals surface area contributed by atoms with Gasteiger partial charge in [0, 0.05) is 31.1 Å². The number of imidazole rings is 1. The van der Waals surface area contributed by atoms with Crippen LogP contribution in [0, 0.1) is 22.9 Å². The Morgan fingerprint density at radius 1 is 1.19 bits per heavy atom. The summed E-state index contributed by atoms with van der Waals surface area (Å²) in [6.07, 6.45) is 4.56. The van der Waals surface area contributed by atoms with Crippen LogP contribution in [0.3, 0.4) is 0 Å². The van der Waals surface area contributed by atoms with Gasteiger partial charge in [-0.1, -0.05) is 12.1 Å². The molecule has 2 aromatic heterocycles. The molecule has 10 heteroatoms. The number of hydrogen-bond donors (Lipinski definition) is 1. The lowest BCUT2D eigenvalue weighted by atomic mass is 10.1. The first-order chi connectivity index (χ1) is 14.9. The molecule has 2 heterocycles. The fourth-order valence-electron chi connectivity index (χ4n) is 3.19. The zero-order chi connectivity index (χ0) is 22.1. The third-order valence-electron chi connectivity index (χ3n) is 4.84. The lowest BCUT2D eigenvalue weighted by molar-refractivity contribution is -0.383. The average Bonchev–Trinajstić information content (AvgIpc) is 3.34. The smallest absolute Gasteiger partial charge is 0.293 e. The minimum Gasteiger partial charge on any atom is -0.347 e. The quantitative estimate of drug-likeness (QED) is 0.288. The summed E-state index contributed by atoms with van der Waals surface area (Å²) < 4.78 is 17.1. The van der Waals surface area contributed by atoms with Crippen molar-refractivity contribution in [3.63, 3.8) is 0 Å². The molecule has 0 unspecified atom stereocenters. The molecule has 0 aliphatic heterocycles. The van der Waals surface area contributed by atoms with E-state index in [9.17, 15) is 19.3 Å². The third kappa shape index (κ3) is 3.66. The van der Waals surface area contributed by atoms with Gasteiger partial charge in [0.25, 0.3) is 5.69 Å². The molecule has 0 aliphatic rings. The molecule has 0 saturated carbocycles. The van der Waals surface area contributed by atoms with Crippen LogP contribution in [-0.2, 0) is 7.05 Å². The zero-order valence-electron chi connectivity index (χ0n) is 16.6. The second-order valence-electron chi connectivity index (χ2n) is 6.81. The highest BCUT2D eigenvalue weighted by atomic mass is 19.1. The van der Waals surface area contributed by atoms with Crippen LogP contribution in [0.15, 0.2) is 61.1 Å². The first-order valence-corrected chi connectivity index (χ1v) is 9.24. The van der Waals surface area contributed by atoms with Gasteiger partial charge >= 0.3 is 0 Å². The second kappa shape index (κ2) is 7.82. The summed E-state index contributed by atoms with van der Waals surface area (Å²) in [4.78, 5) is 27.7. The van der Waals surface area contributed by atoms with Crippen LogP contribution in [0.25, 0.3) is 5.69 Å². The van der Waals surface area contributed by atoms with Crippen molar-refractivity contribution in [1.82, 2.24) is 19.3 Å². The number of nitrogens with zero attached hydrogens (tertiary/aromatic N) is 5. The standard InChI is InChI=1S/C21H17FN6O3/c1-13-17(12-24-27(13)18-6-4-3-5-15(18)22)25-16-8-7-14(11-19(16)28(30)31)20(29)21-23-9-10-26(21)2/h3-12,25H,1-2H3. The Balaban J connectivity index is 1.68. The van der Waals surface area contributed by atoms with Crippen LogP contribution in [0.4, 0.5) is 21.5 Å². The molecule has 0 radical (unpaired) electrons. The highest BCUT2D eigenvalue weighted by Crippen LogP contribution is 2.31. The molecule has 4 aromatic rings. The van der Waals surface area contributed by atoms with Crippen LogP contribution >= 0.6 is 0 Å². The zero-order valence-corrected chi connectivity index (χ0v) is 16.6. The van der Waals surface area contributed by atoms with Crippen molar-refractivity contribution < 1.29 is 14.1 Å². The van der Waals surface area contributed by atoms with E-state index in [-0.39, 0.29) is 28.5 Å². The van der Waals surface area contributed by atoms with E-state index in [0.29, 0.717) is 11.4 Å². The molecule has 9 nitrogen and oxygen atoms in total. The van der Waals surface area contributed by atoms with Crippen molar-refractivity contribution in [1.29, 1.82) is 0 Å². The number of benzene rings is 2. The molecule has 1 N–H and O–H groups in total. The molecule has 0 spiro atoms. The highest BCUT2D eigenvalue weighted by Gasteiger charge is 2.22. The fraction of sp³-hybridized carbons (Fsp3) is 0.0952. The maximum absolute atomic E-state index is 14.1. The molecule has 0 atom stereocenters. The summed E-state index contributed by atoms with van der Waals surface area (Å²) in [5, 5.41) is 18.8. The Labute approximate surface area is 175 Å². The first-order valence-electron chi connectivity index (χ1n) is 9.24. The maximum atomic E-state index is 14.1. The van der Waals surface area contributed by atoms with Crippen molar-refractivity contribution in [2.75, 3.05) is 5.32 Å². The number of nitro benzene ring substituents is 1. The van der Waals surface area contributed by atoms with Crippen molar-refractivity contribution in [3.05, 3.63) is 94.1 Å². The molecule has 0 saturated heterocycles. The predicted octanol–water partition coefficient (Wildman–Crippen LogP) is 3.94. The largest absolute Gasteiger partial charge is 0.347 e. The van der Waals surface area contributed by atoms with Crippen LogP contribution in [0.1, 0.15) is 21.9 Å². The van der Waals surface area contributed by atoms with E-state index in [2.05, 4.69) is 15.4 Å². The predicted molar refractivity (Wildman–Crippen MR) is 111 cm³/mol. The van der Waals surface area contributed by atoms with Gasteiger partial charge in [-0.25, -0.2) is 14.1 Å². The van der Waals surface area contributed by atoms with Crippen molar-refractivity contribution >= 4 is 22.8 Å². The minimum absolute atomic E-state index is 0.144. The number of para-hydroxylation sites is 1. The molecule has 0 bridgehead atoms. The highest BCUT2D eigenvalue weighted by molar-refractivity contribution is 6.07. The molecular formula is C21H17FN6O3. The number of ketones is 1. The number of anilines is 2. The molecule has 0 aliphatic carbocycles. The first kappa shape index (κ1) is 20.0. The van der Waals surface area contributed by atoms with Crippen molar-refractivity contribution in [2.24, 2.45) is 7.05 Å². The number of carbonyl (C=O) groups is 1. The Hall–Kier alpha value is -4.34. The van der Waals surface area contributed by atoms with E-state index in [1.54, 1.807) is 42.9 Å². The minimum atomic E-state index is -0.575. The van der Waals surface area contributed by atoms with E-state index >= 15 is 0 Å². The molecular weight excluding hydrogens is 403 g/mol. The number of nitro groups is 1. The Morgan fingerprint density at radius 2 is 1.97 bits per heavy atom. The van der Waals surface area contributed by atoms with Gasteiger partial charge in [0.2, 0.25) is 5.78 Å². The second-order valence-corrected chi connectivity index (χ2v) is 6.81. The number of halogens is 1. The summed E-state index contributed by atoms with van der Waals surface area (Å²) in [6, 6.07) is 10.3. The molecule has 2 aromatic carbocycles. The number of aromatic nitrogens is 4. The lowest BCUT2D eigenvalue weighted by Gasteiger charge is -2.09. The Kier molecular flexibility index (Phi) is 5.04. The van der Waals surface area contributed by atoms with E-state index in [0.717, 1.165) is 0 Å². The summed E-state index contributed by atoms with van der Waals surface area (Å²) in [5.74, 6) is -0.689. The number of hydrogen-bond acceptors (Lipinski definition) is 6. The van der Waals surface area contributed by atoms with Gasteiger partial charge < -0.3 is 9.88 Å². The van der Waals surface area contributed by atoms with Gasteiger partial charge in [-0.3, -0.25) is 14.9 Å². The lowest BCUT2D eigenvalue weighted by Crippen LogP contribution is -2.09. The summed E-state index contributed by atoms with van der Waals surface area (Å²) >= 11 is 0. The van der Waals surface area contributed by atoms with Crippen LogP contribution in [0.2, 0.25) is 0 Å². The van der Waals surface area contributed by atoms with E-state index < -0.39 is 16.5 Å². The van der Waals surface area contributed by atoms with Gasteiger partial charge in [0.1, 0.15) is 17.2 Å².